The van der Waals surface area contributed by atoms with E-state index in [1.807, 2.05) is 12.1 Å². The third-order valence-corrected chi connectivity index (χ3v) is 9.62. The van der Waals surface area contributed by atoms with Gasteiger partial charge in [-0.3, -0.25) is 13.9 Å². The molecule has 1 aliphatic heterocycles. The summed E-state index contributed by atoms with van der Waals surface area (Å²) in [6.07, 6.45) is 5.07. The van der Waals surface area contributed by atoms with Gasteiger partial charge in [-0.25, -0.2) is 4.98 Å². The highest BCUT2D eigenvalue weighted by atomic mass is 32.3. The molecule has 2 aromatic rings. The molecular weight excluding hydrogens is 488 g/mol. The van der Waals surface area contributed by atoms with Gasteiger partial charge in [0.25, 0.3) is 0 Å². The third kappa shape index (κ3) is 5.52. The number of rotatable bonds is 5. The maximum absolute atomic E-state index is 13.3. The number of anilines is 1. The van der Waals surface area contributed by atoms with Gasteiger partial charge < -0.3 is 14.6 Å². The van der Waals surface area contributed by atoms with Crippen LogP contribution in [0.25, 0.3) is 11.3 Å². The number of nitrogens with zero attached hydrogens (tertiary/aromatic N) is 3. The van der Waals surface area contributed by atoms with Crippen LogP contribution in [0, 0.1) is 17.2 Å². The minimum absolute atomic E-state index is 0.0465. The van der Waals surface area contributed by atoms with Gasteiger partial charge in [-0.2, -0.15) is 15.9 Å². The molecule has 200 valence electrons. The third-order valence-electron chi connectivity index (χ3n) is 7.94. The molecule has 8 nitrogen and oxygen atoms in total. The van der Waals surface area contributed by atoms with Gasteiger partial charge in [0.15, 0.2) is 5.89 Å². The summed E-state index contributed by atoms with van der Waals surface area (Å²) in [5, 5.41) is 12.5. The lowest BCUT2D eigenvalue weighted by Crippen LogP contribution is -2.42. The summed E-state index contributed by atoms with van der Waals surface area (Å²) in [5.74, 6) is 1.84. The molecule has 2 saturated carbocycles. The average Bonchev–Trinajstić information content (AvgIpc) is 3.49. The number of benzene rings is 1. The summed E-state index contributed by atoms with van der Waals surface area (Å²) >= 11 is 0. The Morgan fingerprint density at radius 3 is 2.41 bits per heavy atom. The molecule has 3 aliphatic rings. The van der Waals surface area contributed by atoms with Crippen molar-refractivity contribution in [1.29, 1.82) is 5.26 Å². The SMILES string of the molecule is CC(C)(C)c1nc(-c2ccc(N3CCS(O)(O)CC3)cc2)c(C2CCCCC2C(=O)NC2(C#N)CC2)o1. The Balaban J connectivity index is 1.45. The van der Waals surface area contributed by atoms with Crippen LogP contribution in [0.5, 0.6) is 0 Å². The van der Waals surface area contributed by atoms with E-state index in [0.29, 0.717) is 30.5 Å². The highest BCUT2D eigenvalue weighted by molar-refractivity contribution is 8.24. The van der Waals surface area contributed by atoms with Crippen LogP contribution in [0.1, 0.15) is 76.9 Å². The van der Waals surface area contributed by atoms with Crippen LogP contribution in [0.15, 0.2) is 28.7 Å². The first-order valence-corrected chi connectivity index (χ1v) is 15.2. The zero-order valence-electron chi connectivity index (χ0n) is 22.0. The van der Waals surface area contributed by atoms with E-state index in [2.05, 4.69) is 49.2 Å². The molecule has 3 N–H and O–H groups in total. The molecule has 3 fully saturated rings. The first kappa shape index (κ1) is 26.1. The van der Waals surface area contributed by atoms with Crippen LogP contribution in [-0.2, 0) is 10.2 Å². The Labute approximate surface area is 220 Å². The fourth-order valence-electron chi connectivity index (χ4n) is 5.40. The highest BCUT2D eigenvalue weighted by Crippen LogP contribution is 2.45. The summed E-state index contributed by atoms with van der Waals surface area (Å²) in [4.78, 5) is 20.5. The van der Waals surface area contributed by atoms with Crippen molar-refractivity contribution in [3.8, 4) is 17.3 Å². The summed E-state index contributed by atoms with van der Waals surface area (Å²) < 4.78 is 26.4. The lowest BCUT2D eigenvalue weighted by Gasteiger charge is -2.41. The number of nitriles is 1. The molecule has 2 atom stereocenters. The van der Waals surface area contributed by atoms with Gasteiger partial charge in [-0.1, -0.05) is 45.7 Å². The largest absolute Gasteiger partial charge is 0.444 e. The van der Waals surface area contributed by atoms with Gasteiger partial charge in [-0.15, -0.1) is 0 Å². The molecule has 5 rings (SSSR count). The van der Waals surface area contributed by atoms with E-state index in [1.165, 1.54) is 0 Å². The highest BCUT2D eigenvalue weighted by Gasteiger charge is 2.47. The van der Waals surface area contributed by atoms with Crippen molar-refractivity contribution in [2.24, 2.45) is 5.92 Å². The number of nitrogens with one attached hydrogen (secondary N) is 1. The van der Waals surface area contributed by atoms with Gasteiger partial charge in [0.2, 0.25) is 5.91 Å². The van der Waals surface area contributed by atoms with E-state index in [-0.39, 0.29) is 23.2 Å². The summed E-state index contributed by atoms with van der Waals surface area (Å²) in [7, 11) is -2.44. The maximum Gasteiger partial charge on any atom is 0.225 e. The second-order valence-corrected chi connectivity index (χ2v) is 14.3. The molecule has 0 radical (unpaired) electrons. The van der Waals surface area contributed by atoms with Crippen molar-refractivity contribution in [2.75, 3.05) is 29.5 Å². The number of hydrogen-bond acceptors (Lipinski definition) is 7. The van der Waals surface area contributed by atoms with Crippen LogP contribution in [-0.4, -0.2) is 50.1 Å². The first-order valence-electron chi connectivity index (χ1n) is 13.3. The summed E-state index contributed by atoms with van der Waals surface area (Å²) in [6, 6.07) is 10.5. The topological polar surface area (TPSA) is 123 Å². The molecule has 0 spiro atoms. The minimum atomic E-state index is -2.44. The standard InChI is InChI=1S/C28H38N4O4S/c1-27(2,3)26-30-23(19-8-10-20(11-9-19)32-14-16-37(34,35)17-15-32)24(36-26)21-6-4-5-7-22(21)25(33)31-28(18-29)12-13-28/h8-11,21-22,34-35H,4-7,12-17H2,1-3H3,(H,31,33). The molecule has 2 unspecified atom stereocenters. The molecule has 1 amide bonds. The van der Waals surface area contributed by atoms with E-state index in [4.69, 9.17) is 9.40 Å². The van der Waals surface area contributed by atoms with E-state index in [1.54, 1.807) is 0 Å². The number of carbonyl (C=O) groups is 1. The van der Waals surface area contributed by atoms with E-state index >= 15 is 0 Å². The van der Waals surface area contributed by atoms with Crippen LogP contribution in [0.3, 0.4) is 0 Å². The lowest BCUT2D eigenvalue weighted by atomic mass is 9.76. The van der Waals surface area contributed by atoms with Crippen LogP contribution < -0.4 is 10.2 Å². The van der Waals surface area contributed by atoms with Gasteiger partial charge in [0.1, 0.15) is 17.0 Å². The quantitative estimate of drug-likeness (QED) is 0.460. The minimum Gasteiger partial charge on any atom is -0.444 e. The smallest absolute Gasteiger partial charge is 0.225 e. The fourth-order valence-corrected chi connectivity index (χ4v) is 6.63. The van der Waals surface area contributed by atoms with Crippen molar-refractivity contribution in [3.63, 3.8) is 0 Å². The fraction of sp³-hybridized carbons (Fsp3) is 0.607. The molecular formula is C28H38N4O4S. The zero-order chi connectivity index (χ0) is 26.4. The molecule has 1 aromatic heterocycles. The Morgan fingerprint density at radius 2 is 1.81 bits per heavy atom. The molecule has 0 bridgehead atoms. The number of oxazole rings is 1. The second-order valence-electron chi connectivity index (χ2n) is 11.9. The van der Waals surface area contributed by atoms with Gasteiger partial charge in [0, 0.05) is 41.6 Å². The summed E-state index contributed by atoms with van der Waals surface area (Å²) in [5.41, 5.74) is 1.81. The van der Waals surface area contributed by atoms with Crippen LogP contribution in [0.2, 0.25) is 0 Å². The lowest BCUT2D eigenvalue weighted by molar-refractivity contribution is -0.127. The Morgan fingerprint density at radius 1 is 1.16 bits per heavy atom. The normalized spacial score (nSPS) is 25.7. The molecule has 2 heterocycles. The van der Waals surface area contributed by atoms with Crippen LogP contribution in [0.4, 0.5) is 5.69 Å². The predicted molar refractivity (Wildman–Crippen MR) is 146 cm³/mol. The van der Waals surface area contributed by atoms with Crippen molar-refractivity contribution < 1.29 is 18.3 Å². The molecule has 1 aromatic carbocycles. The zero-order valence-corrected chi connectivity index (χ0v) is 22.8. The van der Waals surface area contributed by atoms with Crippen LogP contribution >= 0.6 is 10.6 Å². The van der Waals surface area contributed by atoms with Crippen molar-refractivity contribution in [2.45, 2.75) is 76.2 Å². The Kier molecular flexibility index (Phi) is 6.80. The second kappa shape index (κ2) is 9.64. The summed E-state index contributed by atoms with van der Waals surface area (Å²) in [6.45, 7) is 7.46. The van der Waals surface area contributed by atoms with Gasteiger partial charge in [0.05, 0.1) is 17.6 Å². The monoisotopic (exact) mass is 526 g/mol. The number of aromatic nitrogens is 1. The van der Waals surface area contributed by atoms with E-state index < -0.39 is 16.1 Å². The Bertz CT molecular complexity index is 1180. The van der Waals surface area contributed by atoms with E-state index in [0.717, 1.165) is 61.2 Å². The molecule has 37 heavy (non-hydrogen) atoms. The molecule has 1 saturated heterocycles. The number of carbonyl (C=O) groups excluding carboxylic acids is 1. The first-order chi connectivity index (χ1) is 17.5. The Hall–Kier alpha value is -2.54. The van der Waals surface area contributed by atoms with Gasteiger partial charge in [-0.05, 0) is 37.8 Å². The predicted octanol–water partition coefficient (Wildman–Crippen LogP) is 5.66. The van der Waals surface area contributed by atoms with Crippen molar-refractivity contribution >= 4 is 22.2 Å². The molecule has 2 aliphatic carbocycles. The maximum atomic E-state index is 13.3. The van der Waals surface area contributed by atoms with Gasteiger partial charge >= 0.3 is 0 Å². The average molecular weight is 527 g/mol. The number of amides is 1. The van der Waals surface area contributed by atoms with E-state index in [9.17, 15) is 19.2 Å². The van der Waals surface area contributed by atoms with Crippen molar-refractivity contribution in [1.82, 2.24) is 10.3 Å². The number of hydrogen-bond donors (Lipinski definition) is 3. The van der Waals surface area contributed by atoms with Crippen molar-refractivity contribution in [3.05, 3.63) is 35.9 Å². The molecule has 9 heteroatoms.